The molecule has 1 aliphatic rings. The van der Waals surface area contributed by atoms with Crippen molar-refractivity contribution in [1.82, 2.24) is 5.32 Å². The molecule has 0 amide bonds. The molecule has 3 aromatic rings. The number of hydrogen-bond donors (Lipinski definition) is 2. The van der Waals surface area contributed by atoms with Crippen molar-refractivity contribution in [3.63, 3.8) is 0 Å². The average molecular weight is 989 g/mol. The van der Waals surface area contributed by atoms with Crippen LogP contribution in [-0.2, 0) is 30.6 Å². The number of Topliss-reactive ketones (excluding diaryl/α,β-unsaturated/α-hetero) is 1. The minimum atomic E-state index is -2.75. The van der Waals surface area contributed by atoms with Gasteiger partial charge in [-0.3, -0.25) is 14.4 Å². The van der Waals surface area contributed by atoms with Gasteiger partial charge in [0.05, 0.1) is 11.3 Å². The Morgan fingerprint density at radius 3 is 1.57 bits per heavy atom. The molecule has 0 saturated carbocycles. The summed E-state index contributed by atoms with van der Waals surface area (Å²) in [6.45, 7) is 38.6. The number of ketones is 1. The number of rotatable bonds is 14. The van der Waals surface area contributed by atoms with E-state index < -0.39 is 15.8 Å². The Kier molecular flexibility index (Phi) is 58.2. The van der Waals surface area contributed by atoms with Gasteiger partial charge < -0.3 is 15.2 Å². The highest BCUT2D eigenvalue weighted by Crippen LogP contribution is 2.20. The van der Waals surface area contributed by atoms with E-state index in [0.717, 1.165) is 55.1 Å². The third-order valence-corrected chi connectivity index (χ3v) is 12.0. The fourth-order valence-electron chi connectivity index (χ4n) is 5.06. The zero-order valence-corrected chi connectivity index (χ0v) is 48.4. The van der Waals surface area contributed by atoms with Gasteiger partial charge in [-0.1, -0.05) is 162 Å². The summed E-state index contributed by atoms with van der Waals surface area (Å²) in [6, 6.07) is 17.0. The normalized spacial score (nSPS) is 11.8. The molecule has 1 heterocycles. The lowest BCUT2D eigenvalue weighted by Crippen LogP contribution is -2.33. The van der Waals surface area contributed by atoms with Crippen molar-refractivity contribution in [2.75, 3.05) is 12.8 Å². The Hall–Kier alpha value is -3.99. The van der Waals surface area contributed by atoms with Crippen molar-refractivity contribution in [3.05, 3.63) is 116 Å². The molecule has 0 fully saturated rings. The first-order valence-corrected chi connectivity index (χ1v) is 28.0. The standard InChI is InChI=1S/C12H18.C9H10O.C8H17NO.C8H12S.C7H10.C5H12O2S.C3H6O.C2H4O2.2C2H6/c1-4-5-11-6-8-12(9-7-11)10(2)3;1-7-3-8(2)5-9(4-7)6-10;1-4-6-9-7(3)8(10)5-2;1-3-7(2)8-4-5-9-6-8;1-7-5-3-2-4-6-7;1-4-5(2)8(3,6)7;1-2-3-4;1-2(3)4;2*1-2/h6-10H,4-5H2,1-3H3;3-6H,1-2H3;7,9H,4-6H2,1-3H3;4-7H,3H2,1-2H3;3,5-6H,2,4H2,1H3;5H,4H2,1-3H3;3H,2H2,1H3;1H3,(H,3,4);2*1-2H3. The van der Waals surface area contributed by atoms with E-state index in [1.807, 2.05) is 87.4 Å². The number of sulfone groups is 1. The Morgan fingerprint density at radius 1 is 0.779 bits per heavy atom. The van der Waals surface area contributed by atoms with Gasteiger partial charge in [0.25, 0.3) is 5.97 Å². The number of aryl methyl sites for hydroxylation is 3. The maximum absolute atomic E-state index is 11.0. The van der Waals surface area contributed by atoms with Gasteiger partial charge in [0.1, 0.15) is 28.2 Å². The van der Waals surface area contributed by atoms with Crippen LogP contribution >= 0.6 is 11.3 Å². The largest absolute Gasteiger partial charge is 0.481 e. The summed E-state index contributed by atoms with van der Waals surface area (Å²) < 4.78 is 21.1. The van der Waals surface area contributed by atoms with E-state index in [9.17, 15) is 22.8 Å². The first-order chi connectivity index (χ1) is 32.0. The van der Waals surface area contributed by atoms with E-state index in [0.29, 0.717) is 31.0 Å². The van der Waals surface area contributed by atoms with Gasteiger partial charge in [0.15, 0.2) is 0 Å². The van der Waals surface area contributed by atoms with Gasteiger partial charge in [0.2, 0.25) is 0 Å². The highest BCUT2D eigenvalue weighted by atomic mass is 32.2. The van der Waals surface area contributed by atoms with Crippen LogP contribution in [-0.4, -0.2) is 61.9 Å². The lowest BCUT2D eigenvalue weighted by molar-refractivity contribution is -0.134. The van der Waals surface area contributed by atoms with Crippen molar-refractivity contribution in [1.29, 1.82) is 0 Å². The number of nitrogens with one attached hydrogen (secondary N) is 1. The van der Waals surface area contributed by atoms with Crippen LogP contribution in [0, 0.1) is 13.8 Å². The second kappa shape index (κ2) is 52.4. The maximum atomic E-state index is 11.0. The van der Waals surface area contributed by atoms with E-state index in [1.54, 1.807) is 18.3 Å². The molecule has 1 aromatic heterocycles. The van der Waals surface area contributed by atoms with Gasteiger partial charge in [0, 0.05) is 31.6 Å². The first-order valence-electron chi connectivity index (χ1n) is 25.1. The highest BCUT2D eigenvalue weighted by Gasteiger charge is 2.10. The topological polar surface area (TPSA) is 135 Å². The van der Waals surface area contributed by atoms with Crippen LogP contribution in [0.5, 0.6) is 0 Å². The molecule has 1 aliphatic carbocycles. The van der Waals surface area contributed by atoms with Crippen LogP contribution in [0.25, 0.3) is 0 Å². The Balaban J connectivity index is -0.000000163. The Labute approximate surface area is 423 Å². The summed E-state index contributed by atoms with van der Waals surface area (Å²) in [5.41, 5.74) is 8.84. The second-order valence-corrected chi connectivity index (χ2v) is 19.4. The molecule has 8 nitrogen and oxygen atoms in total. The zero-order chi connectivity index (χ0) is 54.1. The molecular formula is C58H101NO7S2. The minimum absolute atomic E-state index is 0.0462. The molecule has 0 spiro atoms. The number of hydrogen-bond acceptors (Lipinski definition) is 8. The average Bonchev–Trinajstić information content (AvgIpc) is 3.88. The van der Waals surface area contributed by atoms with E-state index in [4.69, 9.17) is 9.90 Å². The van der Waals surface area contributed by atoms with E-state index in [-0.39, 0.29) is 11.3 Å². The fraction of sp³-hybridized carbons (Fsp3) is 0.586. The van der Waals surface area contributed by atoms with Crippen LogP contribution in [0.3, 0.4) is 0 Å². The third kappa shape index (κ3) is 51.4. The number of benzene rings is 2. The number of carboxylic acid groups (broad SMARTS) is 1. The van der Waals surface area contributed by atoms with Crippen molar-refractivity contribution >= 4 is 45.5 Å². The molecule has 2 aromatic carbocycles. The summed E-state index contributed by atoms with van der Waals surface area (Å²) in [6.07, 6.45) is 18.9. The number of carbonyl (C=O) groups is 4. The Bertz CT molecular complexity index is 1750. The predicted octanol–water partition coefficient (Wildman–Crippen LogP) is 16.3. The number of carbonyl (C=O) groups excluding carboxylic acids is 3. The summed E-state index contributed by atoms with van der Waals surface area (Å²) in [5.74, 6) is 0.866. The SMILES string of the molecule is CC.CC.CC(=O)O.CC1=CCCC=C1.CCC(C)S(C)(=O)=O.CCC(C)c1ccsc1.CCC=O.CCCNC(C)C(=O)CC.CCCc1ccc(C(C)C)cc1.Cc1cc(C)cc(C=O)c1. The third-order valence-electron chi connectivity index (χ3n) is 9.47. The molecule has 3 atom stereocenters. The van der Waals surface area contributed by atoms with Crippen molar-refractivity contribution < 1.29 is 32.7 Å². The van der Waals surface area contributed by atoms with Crippen LogP contribution in [0.4, 0.5) is 0 Å². The van der Waals surface area contributed by atoms with Gasteiger partial charge in [-0.05, 0) is 137 Å². The molecule has 3 unspecified atom stereocenters. The van der Waals surface area contributed by atoms with E-state index >= 15 is 0 Å². The van der Waals surface area contributed by atoms with Gasteiger partial charge in [-0.2, -0.15) is 11.3 Å². The fourth-order valence-corrected chi connectivity index (χ4v) is 6.44. The summed E-state index contributed by atoms with van der Waals surface area (Å²) in [7, 11) is -2.75. The zero-order valence-electron chi connectivity index (χ0n) is 46.8. The first kappa shape index (κ1) is 75.5. The number of carboxylic acids is 1. The lowest BCUT2D eigenvalue weighted by atomic mass is 10.0. The van der Waals surface area contributed by atoms with Crippen molar-refractivity contribution in [3.8, 4) is 0 Å². The smallest absolute Gasteiger partial charge is 0.300 e. The van der Waals surface area contributed by atoms with Crippen LogP contribution in [0.2, 0.25) is 0 Å². The Morgan fingerprint density at radius 2 is 1.29 bits per heavy atom. The molecule has 68 heavy (non-hydrogen) atoms. The van der Waals surface area contributed by atoms with Crippen molar-refractivity contribution in [2.24, 2.45) is 0 Å². The monoisotopic (exact) mass is 988 g/mol. The second-order valence-electron chi connectivity index (χ2n) is 16.1. The van der Waals surface area contributed by atoms with Crippen molar-refractivity contribution in [2.45, 2.75) is 212 Å². The van der Waals surface area contributed by atoms with Gasteiger partial charge in [-0.15, -0.1) is 0 Å². The predicted molar refractivity (Wildman–Crippen MR) is 301 cm³/mol. The molecule has 392 valence electrons. The minimum Gasteiger partial charge on any atom is -0.481 e. The number of aliphatic carboxylic acids is 1. The number of thiophene rings is 1. The quantitative estimate of drug-likeness (QED) is 0.153. The summed E-state index contributed by atoms with van der Waals surface area (Å²) >= 11 is 1.78. The molecule has 0 saturated heterocycles. The molecule has 0 bridgehead atoms. The molecule has 0 radical (unpaired) electrons. The van der Waals surface area contributed by atoms with Crippen LogP contribution in [0.1, 0.15) is 219 Å². The van der Waals surface area contributed by atoms with E-state index in [1.165, 1.54) is 60.6 Å². The van der Waals surface area contributed by atoms with Crippen LogP contribution in [0.15, 0.2) is 83.1 Å². The maximum Gasteiger partial charge on any atom is 0.300 e. The lowest BCUT2D eigenvalue weighted by Gasteiger charge is -2.09. The van der Waals surface area contributed by atoms with E-state index in [2.05, 4.69) is 113 Å². The molecule has 2 N–H and O–H groups in total. The van der Waals surface area contributed by atoms with Gasteiger partial charge >= 0.3 is 0 Å². The van der Waals surface area contributed by atoms with Crippen LogP contribution < -0.4 is 5.32 Å². The summed E-state index contributed by atoms with van der Waals surface area (Å²) in [4.78, 5) is 39.4. The molecule has 0 aliphatic heterocycles. The molecular weight excluding hydrogens is 887 g/mol. The molecule has 4 rings (SSSR count). The molecule has 10 heteroatoms. The highest BCUT2D eigenvalue weighted by molar-refractivity contribution is 7.91. The summed E-state index contributed by atoms with van der Waals surface area (Å²) in [5, 5.41) is 14.7. The van der Waals surface area contributed by atoms with Gasteiger partial charge in [-0.25, -0.2) is 8.42 Å². The number of allylic oxidation sites excluding steroid dienone is 4. The number of aldehydes is 2.